The van der Waals surface area contributed by atoms with Crippen molar-refractivity contribution >= 4 is 18.0 Å². The molecule has 1 aromatic heterocycles. The first-order valence-corrected chi connectivity index (χ1v) is 8.89. The molecule has 1 fully saturated rings. The van der Waals surface area contributed by atoms with E-state index in [1.54, 1.807) is 0 Å². The summed E-state index contributed by atoms with van der Waals surface area (Å²) in [5, 5.41) is 11.1. The molecule has 22 heavy (non-hydrogen) atoms. The third kappa shape index (κ3) is 3.45. The van der Waals surface area contributed by atoms with Crippen LogP contribution in [0.2, 0.25) is 0 Å². The van der Waals surface area contributed by atoms with E-state index in [4.69, 9.17) is 10.7 Å². The van der Waals surface area contributed by atoms with E-state index >= 15 is 0 Å². The van der Waals surface area contributed by atoms with Gasteiger partial charge < -0.3 is 11.1 Å². The maximum Gasteiger partial charge on any atom is 0.0533 e. The number of aromatic nitrogens is 2. The van der Waals surface area contributed by atoms with Gasteiger partial charge in [0, 0.05) is 40.1 Å². The van der Waals surface area contributed by atoms with E-state index < -0.39 is 0 Å². The van der Waals surface area contributed by atoms with Crippen molar-refractivity contribution < 1.29 is 0 Å². The summed E-state index contributed by atoms with van der Waals surface area (Å²) in [6.07, 6.45) is 7.30. The van der Waals surface area contributed by atoms with Gasteiger partial charge in [0.25, 0.3) is 0 Å². The van der Waals surface area contributed by atoms with Crippen LogP contribution in [0.1, 0.15) is 42.7 Å². The average molecular weight is 319 g/mol. The first-order valence-electron chi connectivity index (χ1n) is 8.01. The van der Waals surface area contributed by atoms with Crippen LogP contribution in [0, 0.1) is 12.8 Å². The van der Waals surface area contributed by atoms with E-state index in [9.17, 15) is 0 Å². The molecule has 0 saturated carbocycles. The number of hydrogen-bond acceptors (Lipinski definition) is 5. The summed E-state index contributed by atoms with van der Waals surface area (Å²) in [7, 11) is 0. The lowest BCUT2D eigenvalue weighted by molar-refractivity contribution is 0.354. The molecule has 2 aliphatic rings. The first kappa shape index (κ1) is 15.8. The van der Waals surface area contributed by atoms with E-state index in [2.05, 4.69) is 35.6 Å². The second-order valence-electron chi connectivity index (χ2n) is 6.23. The molecule has 2 aliphatic heterocycles. The summed E-state index contributed by atoms with van der Waals surface area (Å²) in [4.78, 5) is 6.11. The zero-order valence-corrected chi connectivity index (χ0v) is 14.1. The molecule has 0 spiro atoms. The van der Waals surface area contributed by atoms with Crippen molar-refractivity contribution in [3.8, 4) is 0 Å². The minimum atomic E-state index is 0.363. The van der Waals surface area contributed by atoms with Crippen LogP contribution in [-0.2, 0) is 0 Å². The molecule has 3 rings (SSSR count). The Labute approximate surface area is 136 Å². The molecule has 1 aromatic rings. The number of nitrogens with two attached hydrogens (primary N) is 1. The minimum absolute atomic E-state index is 0.363. The zero-order chi connectivity index (χ0) is 15.5. The molecule has 0 radical (unpaired) electrons. The number of piperidine rings is 1. The molecular formula is C16H25N5S. The SMILES string of the molecule is CC1=C(N=CC2CC(CN)CCN2)CC(c2cn[nH]c2C)S1. The lowest BCUT2D eigenvalue weighted by Gasteiger charge is -2.27. The van der Waals surface area contributed by atoms with Gasteiger partial charge in [0.05, 0.1) is 11.9 Å². The van der Waals surface area contributed by atoms with E-state index in [0.717, 1.165) is 31.6 Å². The van der Waals surface area contributed by atoms with Gasteiger partial charge in [-0.15, -0.1) is 11.8 Å². The molecule has 1 saturated heterocycles. The van der Waals surface area contributed by atoms with Crippen LogP contribution in [-0.4, -0.2) is 35.5 Å². The van der Waals surface area contributed by atoms with Crippen LogP contribution in [0.4, 0.5) is 0 Å². The minimum Gasteiger partial charge on any atom is -0.330 e. The van der Waals surface area contributed by atoms with E-state index in [1.807, 2.05) is 18.0 Å². The third-order valence-electron chi connectivity index (χ3n) is 4.61. The number of rotatable bonds is 4. The largest absolute Gasteiger partial charge is 0.330 e. The Morgan fingerprint density at radius 3 is 3.09 bits per heavy atom. The van der Waals surface area contributed by atoms with Crippen molar-refractivity contribution in [3.05, 3.63) is 28.1 Å². The molecule has 6 heteroatoms. The highest BCUT2D eigenvalue weighted by Crippen LogP contribution is 2.48. The molecule has 3 unspecified atom stereocenters. The van der Waals surface area contributed by atoms with Gasteiger partial charge in [0.2, 0.25) is 0 Å². The maximum absolute atomic E-state index is 5.80. The van der Waals surface area contributed by atoms with E-state index in [1.165, 1.54) is 22.6 Å². The van der Waals surface area contributed by atoms with Gasteiger partial charge in [0.1, 0.15) is 0 Å². The molecule has 0 aliphatic carbocycles. The monoisotopic (exact) mass is 319 g/mol. The van der Waals surface area contributed by atoms with Gasteiger partial charge in [-0.05, 0) is 45.7 Å². The van der Waals surface area contributed by atoms with Crippen molar-refractivity contribution in [2.24, 2.45) is 16.6 Å². The smallest absolute Gasteiger partial charge is 0.0533 e. The molecule has 4 N–H and O–H groups in total. The highest BCUT2D eigenvalue weighted by molar-refractivity contribution is 8.03. The summed E-state index contributed by atoms with van der Waals surface area (Å²) in [5.41, 5.74) is 9.48. The lowest BCUT2D eigenvalue weighted by Crippen LogP contribution is -2.41. The second kappa shape index (κ2) is 6.98. The van der Waals surface area contributed by atoms with E-state index in [-0.39, 0.29) is 0 Å². The predicted molar refractivity (Wildman–Crippen MR) is 93.0 cm³/mol. The second-order valence-corrected chi connectivity index (χ2v) is 7.65. The van der Waals surface area contributed by atoms with Crippen LogP contribution < -0.4 is 11.1 Å². The Morgan fingerprint density at radius 2 is 2.36 bits per heavy atom. The van der Waals surface area contributed by atoms with Crippen molar-refractivity contribution in [2.75, 3.05) is 13.1 Å². The Hall–Kier alpha value is -1.11. The number of thioether (sulfide) groups is 1. The number of aromatic amines is 1. The van der Waals surface area contributed by atoms with Crippen LogP contribution >= 0.6 is 11.8 Å². The molecule has 3 heterocycles. The summed E-state index contributed by atoms with van der Waals surface area (Å²) in [6, 6.07) is 0.363. The quantitative estimate of drug-likeness (QED) is 0.745. The van der Waals surface area contributed by atoms with Crippen molar-refractivity contribution in [1.82, 2.24) is 15.5 Å². The number of nitrogens with one attached hydrogen (secondary N) is 2. The number of H-pyrrole nitrogens is 1. The number of aliphatic imine (C=N–C) groups is 1. The molecular weight excluding hydrogens is 294 g/mol. The molecule has 5 nitrogen and oxygen atoms in total. The van der Waals surface area contributed by atoms with Gasteiger partial charge in [-0.2, -0.15) is 5.10 Å². The van der Waals surface area contributed by atoms with Crippen molar-refractivity contribution in [3.63, 3.8) is 0 Å². The van der Waals surface area contributed by atoms with Crippen molar-refractivity contribution in [1.29, 1.82) is 0 Å². The number of hydrogen-bond donors (Lipinski definition) is 3. The normalized spacial score (nSPS) is 29.7. The summed E-state index contributed by atoms with van der Waals surface area (Å²) in [5.74, 6) is 0.632. The van der Waals surface area contributed by atoms with Crippen LogP contribution in [0.5, 0.6) is 0 Å². The summed E-state index contributed by atoms with van der Waals surface area (Å²) >= 11 is 1.90. The Balaban J connectivity index is 1.62. The van der Waals surface area contributed by atoms with Gasteiger partial charge in [-0.3, -0.25) is 10.1 Å². The average Bonchev–Trinajstić information content (AvgIpc) is 3.11. The Morgan fingerprint density at radius 1 is 1.50 bits per heavy atom. The van der Waals surface area contributed by atoms with Gasteiger partial charge in [0.15, 0.2) is 0 Å². The fourth-order valence-corrected chi connectivity index (χ4v) is 4.49. The molecule has 0 bridgehead atoms. The van der Waals surface area contributed by atoms with Gasteiger partial charge in [-0.25, -0.2) is 0 Å². The van der Waals surface area contributed by atoms with E-state index in [0.29, 0.717) is 17.2 Å². The molecule has 3 atom stereocenters. The fourth-order valence-electron chi connectivity index (χ4n) is 3.18. The zero-order valence-electron chi connectivity index (χ0n) is 13.3. The highest BCUT2D eigenvalue weighted by atomic mass is 32.2. The fraction of sp³-hybridized carbons (Fsp3) is 0.625. The van der Waals surface area contributed by atoms with Gasteiger partial charge in [-0.1, -0.05) is 0 Å². The van der Waals surface area contributed by atoms with Gasteiger partial charge >= 0.3 is 0 Å². The van der Waals surface area contributed by atoms with Crippen LogP contribution in [0.3, 0.4) is 0 Å². The molecule has 0 amide bonds. The predicted octanol–water partition coefficient (Wildman–Crippen LogP) is 2.53. The molecule has 120 valence electrons. The van der Waals surface area contributed by atoms with Crippen LogP contribution in [0.15, 0.2) is 21.8 Å². The lowest BCUT2D eigenvalue weighted by atomic mass is 9.93. The van der Waals surface area contributed by atoms with Crippen LogP contribution in [0.25, 0.3) is 0 Å². The first-order chi connectivity index (χ1) is 10.7. The Bertz CT molecular complexity index is 577. The summed E-state index contributed by atoms with van der Waals surface area (Å²) < 4.78 is 0. The molecule has 0 aromatic carbocycles. The number of aryl methyl sites for hydroxylation is 1. The maximum atomic E-state index is 5.80. The summed E-state index contributed by atoms with van der Waals surface area (Å²) in [6.45, 7) is 6.08. The number of allylic oxidation sites excluding steroid dienone is 2. The topological polar surface area (TPSA) is 79.1 Å². The number of nitrogens with zero attached hydrogens (tertiary/aromatic N) is 2. The standard InChI is InChI=1S/C16H25N5S/c1-10-14(9-20-21-10)16-6-15(11(2)22-16)19-8-13-5-12(7-17)3-4-18-13/h8-9,12-13,16,18H,3-7,17H2,1-2H3,(H,20,21). The third-order valence-corrected chi connectivity index (χ3v) is 5.90. The Kier molecular flexibility index (Phi) is 5.00. The highest BCUT2D eigenvalue weighted by Gasteiger charge is 2.26. The van der Waals surface area contributed by atoms with Crippen molar-refractivity contribution in [2.45, 2.75) is 44.4 Å².